The minimum atomic E-state index is -2.45. The van der Waals surface area contributed by atoms with Crippen molar-refractivity contribution < 1.29 is 9.46 Å². The van der Waals surface area contributed by atoms with Crippen molar-refractivity contribution in [3.63, 3.8) is 0 Å². The number of benzene rings is 3. The molecule has 0 fully saturated rings. The van der Waals surface area contributed by atoms with E-state index >= 15 is 0 Å². The van der Waals surface area contributed by atoms with Crippen molar-refractivity contribution in [3.8, 4) is 22.3 Å². The third-order valence-electron chi connectivity index (χ3n) is 6.15. The molecule has 0 aromatic heterocycles. The lowest BCUT2D eigenvalue weighted by Crippen LogP contribution is -2.05. The van der Waals surface area contributed by atoms with Gasteiger partial charge in [0.2, 0.25) is 5.30 Å². The molecule has 0 bridgehead atoms. The molecule has 0 spiro atoms. The molecule has 3 aromatic rings. The Morgan fingerprint density at radius 3 is 1.87 bits per heavy atom. The highest BCUT2D eigenvalue weighted by Crippen LogP contribution is 2.36. The van der Waals surface area contributed by atoms with Crippen molar-refractivity contribution in [3.05, 3.63) is 76.9 Å². The molecule has 1 N–H and O–H groups in total. The largest absolute Gasteiger partial charge is 0.546 e. The van der Waals surface area contributed by atoms with Crippen molar-refractivity contribution in [2.75, 3.05) is 0 Å². The SMILES string of the molecule is CCCCc1cc(-c2cccc([P+](=O)O)c2-c2ccc(C)c(CCCC)c2)ccc1C. The smallest absolute Gasteiger partial charge is 0.156 e. The second-order valence-corrected chi connectivity index (χ2v) is 9.49. The molecule has 3 heteroatoms. The molecule has 0 aliphatic heterocycles. The van der Waals surface area contributed by atoms with Crippen LogP contribution in [0.3, 0.4) is 0 Å². The summed E-state index contributed by atoms with van der Waals surface area (Å²) in [6.07, 6.45) is 6.72. The zero-order valence-corrected chi connectivity index (χ0v) is 20.1. The normalized spacial score (nSPS) is 11.6. The van der Waals surface area contributed by atoms with Crippen molar-refractivity contribution in [2.24, 2.45) is 0 Å². The maximum atomic E-state index is 12.3. The number of rotatable bonds is 9. The van der Waals surface area contributed by atoms with E-state index in [9.17, 15) is 9.46 Å². The predicted molar refractivity (Wildman–Crippen MR) is 133 cm³/mol. The Hall–Kier alpha value is -2.28. The van der Waals surface area contributed by atoms with E-state index < -0.39 is 8.03 Å². The molecule has 1 unspecified atom stereocenters. The molecule has 162 valence electrons. The van der Waals surface area contributed by atoms with Crippen LogP contribution in [-0.2, 0) is 17.4 Å². The molecule has 0 aliphatic carbocycles. The Bertz CT molecular complexity index is 1070. The van der Waals surface area contributed by atoms with Crippen LogP contribution < -0.4 is 5.30 Å². The maximum absolute atomic E-state index is 12.3. The Morgan fingerprint density at radius 2 is 1.32 bits per heavy atom. The second-order valence-electron chi connectivity index (χ2n) is 8.46. The average molecular weight is 434 g/mol. The van der Waals surface area contributed by atoms with E-state index in [1.165, 1.54) is 35.1 Å². The fourth-order valence-electron chi connectivity index (χ4n) is 4.18. The van der Waals surface area contributed by atoms with E-state index in [2.05, 4.69) is 70.2 Å². The fraction of sp³-hybridized carbons (Fsp3) is 0.357. The Labute approximate surface area is 188 Å². The van der Waals surface area contributed by atoms with Gasteiger partial charge in [-0.15, -0.1) is 0 Å². The van der Waals surface area contributed by atoms with Crippen LogP contribution in [0.15, 0.2) is 54.6 Å². The van der Waals surface area contributed by atoms with Gasteiger partial charge >= 0.3 is 8.03 Å². The summed E-state index contributed by atoms with van der Waals surface area (Å²) in [5.41, 5.74) is 9.31. The van der Waals surface area contributed by atoms with E-state index in [0.29, 0.717) is 5.30 Å². The van der Waals surface area contributed by atoms with E-state index in [4.69, 9.17) is 0 Å². The predicted octanol–water partition coefficient (Wildman–Crippen LogP) is 7.68. The van der Waals surface area contributed by atoms with Crippen LogP contribution in [-0.4, -0.2) is 4.89 Å². The van der Waals surface area contributed by atoms with Crippen LogP contribution in [0.4, 0.5) is 0 Å². The number of hydrogen-bond donors (Lipinski definition) is 1. The third kappa shape index (κ3) is 5.50. The van der Waals surface area contributed by atoms with Gasteiger partial charge in [-0.2, -0.15) is 4.89 Å². The van der Waals surface area contributed by atoms with Gasteiger partial charge in [0.1, 0.15) is 0 Å². The first kappa shape index (κ1) is 23.4. The first-order valence-electron chi connectivity index (χ1n) is 11.4. The zero-order chi connectivity index (χ0) is 22.4. The molecular weight excluding hydrogens is 399 g/mol. The zero-order valence-electron chi connectivity index (χ0n) is 19.2. The topological polar surface area (TPSA) is 37.3 Å². The molecule has 0 amide bonds. The molecule has 0 saturated heterocycles. The maximum Gasteiger partial charge on any atom is 0.546 e. The Kier molecular flexibility index (Phi) is 8.18. The summed E-state index contributed by atoms with van der Waals surface area (Å²) < 4.78 is 12.3. The molecule has 0 radical (unpaired) electrons. The van der Waals surface area contributed by atoms with E-state index in [1.807, 2.05) is 6.07 Å². The molecule has 0 heterocycles. The van der Waals surface area contributed by atoms with Crippen LogP contribution in [0.5, 0.6) is 0 Å². The molecule has 0 aliphatic rings. The van der Waals surface area contributed by atoms with Gasteiger partial charge in [0.15, 0.2) is 0 Å². The average Bonchev–Trinajstić information content (AvgIpc) is 2.77. The molecule has 31 heavy (non-hydrogen) atoms. The van der Waals surface area contributed by atoms with Gasteiger partial charge in [-0.25, -0.2) is 0 Å². The molecule has 3 rings (SSSR count). The highest BCUT2D eigenvalue weighted by molar-refractivity contribution is 7.47. The van der Waals surface area contributed by atoms with Gasteiger partial charge in [-0.05, 0) is 89.1 Å². The standard InChI is InChI=1S/C28H33O2P/c1-5-7-10-22-18-24(16-14-20(22)3)26-12-9-13-27(31(29)30)28(26)25-17-15-21(4)23(19-25)11-8-6-2/h9,12-19H,5-8,10-11H2,1-4H3/p+1. The Balaban J connectivity index is 2.19. The summed E-state index contributed by atoms with van der Waals surface area (Å²) in [5.74, 6) is 0. The molecule has 2 nitrogen and oxygen atoms in total. The first-order valence-corrected chi connectivity index (χ1v) is 12.7. The lowest BCUT2D eigenvalue weighted by atomic mass is 9.90. The quantitative estimate of drug-likeness (QED) is 0.351. The second kappa shape index (κ2) is 10.8. The van der Waals surface area contributed by atoms with Gasteiger partial charge in [-0.1, -0.05) is 75.2 Å². The van der Waals surface area contributed by atoms with Crippen molar-refractivity contribution in [1.29, 1.82) is 0 Å². The van der Waals surface area contributed by atoms with Crippen molar-refractivity contribution in [2.45, 2.75) is 66.2 Å². The van der Waals surface area contributed by atoms with Crippen molar-refractivity contribution in [1.82, 2.24) is 0 Å². The fourth-order valence-corrected chi connectivity index (χ4v) is 4.84. The van der Waals surface area contributed by atoms with E-state index in [0.717, 1.165) is 47.9 Å². The monoisotopic (exact) mass is 433 g/mol. The summed E-state index contributed by atoms with van der Waals surface area (Å²) in [6, 6.07) is 18.8. The van der Waals surface area contributed by atoms with Crippen LogP contribution in [0, 0.1) is 13.8 Å². The molecule has 0 saturated carbocycles. The molecule has 3 aromatic carbocycles. The highest BCUT2D eigenvalue weighted by atomic mass is 31.1. The lowest BCUT2D eigenvalue weighted by Gasteiger charge is -2.15. The Morgan fingerprint density at radius 1 is 0.774 bits per heavy atom. The molecular formula is C28H34O2P+. The minimum absolute atomic E-state index is 0.508. The number of unbranched alkanes of at least 4 members (excludes halogenated alkanes) is 2. The number of hydrogen-bond acceptors (Lipinski definition) is 1. The van der Waals surface area contributed by atoms with Crippen LogP contribution in [0.25, 0.3) is 22.3 Å². The van der Waals surface area contributed by atoms with Crippen LogP contribution >= 0.6 is 8.03 Å². The van der Waals surface area contributed by atoms with Gasteiger partial charge in [0.25, 0.3) is 0 Å². The van der Waals surface area contributed by atoms with E-state index in [-0.39, 0.29) is 0 Å². The first-order chi connectivity index (χ1) is 15.0. The summed E-state index contributed by atoms with van der Waals surface area (Å²) in [6.45, 7) is 8.73. The lowest BCUT2D eigenvalue weighted by molar-refractivity contribution is 0.513. The van der Waals surface area contributed by atoms with Gasteiger partial charge in [0.05, 0.1) is 0 Å². The summed E-state index contributed by atoms with van der Waals surface area (Å²) >= 11 is 0. The van der Waals surface area contributed by atoms with Crippen molar-refractivity contribution >= 4 is 13.3 Å². The summed E-state index contributed by atoms with van der Waals surface area (Å²) in [7, 11) is -2.45. The van der Waals surface area contributed by atoms with E-state index in [1.54, 1.807) is 6.07 Å². The third-order valence-corrected chi connectivity index (χ3v) is 6.93. The van der Waals surface area contributed by atoms with Gasteiger partial charge < -0.3 is 0 Å². The van der Waals surface area contributed by atoms with Crippen LogP contribution in [0.1, 0.15) is 61.8 Å². The summed E-state index contributed by atoms with van der Waals surface area (Å²) in [4.78, 5) is 10.1. The number of aryl methyl sites for hydroxylation is 4. The molecule has 1 atom stereocenters. The summed E-state index contributed by atoms with van der Waals surface area (Å²) in [5, 5.41) is 0.508. The minimum Gasteiger partial charge on any atom is -0.156 e. The highest BCUT2D eigenvalue weighted by Gasteiger charge is 2.26. The van der Waals surface area contributed by atoms with Gasteiger partial charge in [-0.3, -0.25) is 0 Å². The van der Waals surface area contributed by atoms with Gasteiger partial charge in [0, 0.05) is 5.56 Å². The van der Waals surface area contributed by atoms with Crippen LogP contribution in [0.2, 0.25) is 0 Å².